The number of allylic oxidation sites excluding steroid dienone is 2. The number of nitrogens with two attached hydrogens (primary N) is 1. The van der Waals surface area contributed by atoms with Gasteiger partial charge in [0.05, 0.1) is 0 Å². The molecule has 2 amide bonds. The molecule has 0 saturated carbocycles. The van der Waals surface area contributed by atoms with Crippen molar-refractivity contribution in [2.24, 2.45) is 5.73 Å². The largest absolute Gasteiger partial charge is 0.351 e. The molecular weight excluding hydrogens is 144 g/mol. The van der Waals surface area contributed by atoms with Gasteiger partial charge < -0.3 is 11.1 Å². The first-order chi connectivity index (χ1) is 5.18. The van der Waals surface area contributed by atoms with E-state index in [4.69, 9.17) is 5.73 Å². The van der Waals surface area contributed by atoms with Crippen LogP contribution in [0.5, 0.6) is 0 Å². The zero-order chi connectivity index (χ0) is 8.27. The lowest BCUT2D eigenvalue weighted by Gasteiger charge is -2.10. The van der Waals surface area contributed by atoms with E-state index in [0.29, 0.717) is 12.1 Å². The molecule has 1 rings (SSSR count). The average molecular weight is 154 g/mol. The second-order valence-corrected chi connectivity index (χ2v) is 2.48. The van der Waals surface area contributed by atoms with Gasteiger partial charge in [-0.1, -0.05) is 0 Å². The number of hydrogen-bond donors (Lipinski definition) is 2. The van der Waals surface area contributed by atoms with Crippen LogP contribution in [0.4, 0.5) is 4.79 Å². The van der Waals surface area contributed by atoms with Gasteiger partial charge in [-0.15, -0.1) is 0 Å². The molecule has 3 N–H and O–H groups in total. The van der Waals surface area contributed by atoms with Crippen LogP contribution < -0.4 is 11.1 Å². The van der Waals surface area contributed by atoms with E-state index in [0.717, 1.165) is 12.8 Å². The highest BCUT2D eigenvalue weighted by atomic mass is 16.2. The molecule has 0 fully saturated rings. The number of primary amides is 1. The Kier molecular flexibility index (Phi) is 2.25. The molecule has 60 valence electrons. The summed E-state index contributed by atoms with van der Waals surface area (Å²) < 4.78 is 0. The number of carbonyl (C=O) groups excluding carboxylic acids is 2. The molecule has 0 aromatic carbocycles. The number of ketones is 1. The van der Waals surface area contributed by atoms with E-state index in [-0.39, 0.29) is 5.78 Å². The van der Waals surface area contributed by atoms with Gasteiger partial charge in [-0.3, -0.25) is 4.79 Å². The Labute approximate surface area is 64.4 Å². The van der Waals surface area contributed by atoms with Gasteiger partial charge in [-0.25, -0.2) is 4.79 Å². The molecule has 0 heterocycles. The third kappa shape index (κ3) is 2.41. The Morgan fingerprint density at radius 2 is 2.27 bits per heavy atom. The number of urea groups is 1. The van der Waals surface area contributed by atoms with Crippen LogP contribution in [-0.2, 0) is 4.79 Å². The molecule has 0 aliphatic heterocycles. The first-order valence-electron chi connectivity index (χ1n) is 3.48. The van der Waals surface area contributed by atoms with Gasteiger partial charge in [-0.05, 0) is 12.8 Å². The summed E-state index contributed by atoms with van der Waals surface area (Å²) in [6.45, 7) is 0. The first-order valence-corrected chi connectivity index (χ1v) is 3.48. The van der Waals surface area contributed by atoms with Crippen molar-refractivity contribution in [2.75, 3.05) is 0 Å². The van der Waals surface area contributed by atoms with Crippen LogP contribution in [0.15, 0.2) is 11.8 Å². The fraction of sp³-hybridized carbons (Fsp3) is 0.429. The molecule has 0 aromatic heterocycles. The van der Waals surface area contributed by atoms with Crippen molar-refractivity contribution in [3.05, 3.63) is 11.8 Å². The maximum absolute atomic E-state index is 10.8. The second kappa shape index (κ2) is 3.18. The number of nitrogens with one attached hydrogen (secondary N) is 1. The summed E-state index contributed by atoms with van der Waals surface area (Å²) in [4.78, 5) is 21.1. The van der Waals surface area contributed by atoms with Gasteiger partial charge in [0.25, 0.3) is 0 Å². The molecule has 0 saturated heterocycles. The maximum Gasteiger partial charge on any atom is 0.316 e. The lowest BCUT2D eigenvalue weighted by atomic mass is 10.0. The van der Waals surface area contributed by atoms with E-state index in [1.807, 2.05) is 0 Å². The summed E-state index contributed by atoms with van der Waals surface area (Å²) in [5.41, 5.74) is 5.50. The third-order valence-electron chi connectivity index (χ3n) is 1.49. The minimum absolute atomic E-state index is 0.0556. The molecule has 0 radical (unpaired) electrons. The van der Waals surface area contributed by atoms with E-state index < -0.39 is 6.03 Å². The van der Waals surface area contributed by atoms with Crippen LogP contribution in [0.25, 0.3) is 0 Å². The molecule has 0 unspecified atom stereocenters. The summed E-state index contributed by atoms with van der Waals surface area (Å²) in [5, 5.41) is 2.39. The van der Waals surface area contributed by atoms with Gasteiger partial charge in [-0.2, -0.15) is 0 Å². The van der Waals surface area contributed by atoms with Crippen LogP contribution in [-0.4, -0.2) is 11.8 Å². The van der Waals surface area contributed by atoms with Gasteiger partial charge in [0, 0.05) is 18.2 Å². The van der Waals surface area contributed by atoms with Crippen molar-refractivity contribution in [3.63, 3.8) is 0 Å². The summed E-state index contributed by atoms with van der Waals surface area (Å²) in [6.07, 6.45) is 3.54. The van der Waals surface area contributed by atoms with Gasteiger partial charge in [0.15, 0.2) is 5.78 Å². The second-order valence-electron chi connectivity index (χ2n) is 2.48. The molecule has 0 bridgehead atoms. The Morgan fingerprint density at radius 1 is 1.55 bits per heavy atom. The number of rotatable bonds is 1. The zero-order valence-electron chi connectivity index (χ0n) is 6.09. The molecule has 0 spiro atoms. The highest BCUT2D eigenvalue weighted by molar-refractivity contribution is 5.91. The topological polar surface area (TPSA) is 72.2 Å². The van der Waals surface area contributed by atoms with Crippen molar-refractivity contribution in [3.8, 4) is 0 Å². The Hall–Kier alpha value is -1.32. The van der Waals surface area contributed by atoms with Crippen molar-refractivity contribution in [1.82, 2.24) is 5.32 Å². The monoisotopic (exact) mass is 154 g/mol. The normalized spacial score (nSPS) is 17.5. The molecule has 0 aromatic rings. The summed E-state index contributed by atoms with van der Waals surface area (Å²) in [7, 11) is 0. The minimum Gasteiger partial charge on any atom is -0.351 e. The predicted octanol–water partition coefficient (Wildman–Crippen LogP) is 0.292. The summed E-state index contributed by atoms with van der Waals surface area (Å²) in [5.74, 6) is 0.0556. The third-order valence-corrected chi connectivity index (χ3v) is 1.49. The fourth-order valence-corrected chi connectivity index (χ4v) is 1.05. The molecule has 11 heavy (non-hydrogen) atoms. The van der Waals surface area contributed by atoms with Crippen molar-refractivity contribution < 1.29 is 9.59 Å². The molecule has 1 aliphatic rings. The van der Waals surface area contributed by atoms with Crippen LogP contribution in [0.1, 0.15) is 19.3 Å². The van der Waals surface area contributed by atoms with Crippen LogP contribution in [0.2, 0.25) is 0 Å². The number of amides is 2. The molecule has 4 heteroatoms. The zero-order valence-corrected chi connectivity index (χ0v) is 6.09. The number of hydrogen-bond acceptors (Lipinski definition) is 2. The van der Waals surface area contributed by atoms with E-state index >= 15 is 0 Å². The smallest absolute Gasteiger partial charge is 0.316 e. The van der Waals surface area contributed by atoms with Crippen molar-refractivity contribution in [2.45, 2.75) is 19.3 Å². The highest BCUT2D eigenvalue weighted by Crippen LogP contribution is 2.11. The van der Waals surface area contributed by atoms with Crippen molar-refractivity contribution in [1.29, 1.82) is 0 Å². The molecular formula is C7H10N2O2. The quantitative estimate of drug-likeness (QED) is 0.569. The molecule has 0 atom stereocenters. The van der Waals surface area contributed by atoms with Crippen LogP contribution in [0.3, 0.4) is 0 Å². The Bertz CT molecular complexity index is 220. The van der Waals surface area contributed by atoms with E-state index in [9.17, 15) is 9.59 Å². The van der Waals surface area contributed by atoms with Gasteiger partial charge >= 0.3 is 6.03 Å². The molecule has 4 nitrogen and oxygen atoms in total. The minimum atomic E-state index is -0.606. The lowest BCUT2D eigenvalue weighted by Crippen LogP contribution is -2.30. The van der Waals surface area contributed by atoms with Crippen LogP contribution in [0, 0.1) is 0 Å². The maximum atomic E-state index is 10.8. The number of carbonyl (C=O) groups is 2. The van der Waals surface area contributed by atoms with Crippen LogP contribution >= 0.6 is 0 Å². The lowest BCUT2D eigenvalue weighted by molar-refractivity contribution is -0.115. The Balaban J connectivity index is 2.56. The summed E-state index contributed by atoms with van der Waals surface area (Å²) >= 11 is 0. The van der Waals surface area contributed by atoms with E-state index in [1.54, 1.807) is 0 Å². The average Bonchev–Trinajstić information content (AvgIpc) is 1.85. The predicted molar refractivity (Wildman–Crippen MR) is 39.7 cm³/mol. The Morgan fingerprint density at radius 3 is 2.82 bits per heavy atom. The summed E-state index contributed by atoms with van der Waals surface area (Å²) in [6, 6.07) is -0.606. The highest BCUT2D eigenvalue weighted by Gasteiger charge is 2.10. The fourth-order valence-electron chi connectivity index (χ4n) is 1.05. The standard InChI is InChI=1S/C7H10N2O2/c8-7(11)9-5-2-1-3-6(10)4-5/h4H,1-3H2,(H3,8,9,11). The van der Waals surface area contributed by atoms with Crippen molar-refractivity contribution >= 4 is 11.8 Å². The van der Waals surface area contributed by atoms with Gasteiger partial charge in [0.1, 0.15) is 0 Å². The SMILES string of the molecule is NC(=O)NC1=CC(=O)CCC1. The van der Waals surface area contributed by atoms with E-state index in [1.165, 1.54) is 6.08 Å². The van der Waals surface area contributed by atoms with Gasteiger partial charge in [0.2, 0.25) is 0 Å². The van der Waals surface area contributed by atoms with E-state index in [2.05, 4.69) is 5.32 Å². The first kappa shape index (κ1) is 7.78. The molecule has 1 aliphatic carbocycles.